The third-order valence-electron chi connectivity index (χ3n) is 4.96. The number of pyridine rings is 1. The van der Waals surface area contributed by atoms with E-state index < -0.39 is 0 Å². The number of nitrogens with zero attached hydrogens (tertiary/aromatic N) is 1. The van der Waals surface area contributed by atoms with Gasteiger partial charge in [0.1, 0.15) is 0 Å². The Labute approximate surface area is 115 Å². The highest BCUT2D eigenvalue weighted by Crippen LogP contribution is 2.49. The molecular formula is C16H23NO2. The van der Waals surface area contributed by atoms with Crippen molar-refractivity contribution in [1.82, 2.24) is 4.98 Å². The van der Waals surface area contributed by atoms with Crippen molar-refractivity contribution in [2.45, 2.75) is 56.0 Å². The van der Waals surface area contributed by atoms with Crippen LogP contribution in [0.3, 0.4) is 0 Å². The van der Waals surface area contributed by atoms with Crippen LogP contribution in [0, 0.1) is 0 Å². The highest BCUT2D eigenvalue weighted by atomic mass is 16.5. The molecule has 104 valence electrons. The normalized spacial score (nSPS) is 29.7. The van der Waals surface area contributed by atoms with Gasteiger partial charge in [-0.15, -0.1) is 0 Å². The summed E-state index contributed by atoms with van der Waals surface area (Å²) in [6, 6.07) is 6.13. The number of rotatable bonds is 3. The van der Waals surface area contributed by atoms with E-state index in [1.54, 1.807) is 0 Å². The number of aromatic nitrogens is 1. The molecule has 3 rings (SSSR count). The van der Waals surface area contributed by atoms with E-state index in [-0.39, 0.29) is 17.6 Å². The van der Waals surface area contributed by atoms with E-state index in [1.807, 2.05) is 12.3 Å². The van der Waals surface area contributed by atoms with Gasteiger partial charge in [-0.25, -0.2) is 0 Å². The molecule has 1 aliphatic heterocycles. The third-order valence-corrected chi connectivity index (χ3v) is 4.96. The van der Waals surface area contributed by atoms with Gasteiger partial charge in [-0.1, -0.05) is 18.9 Å². The van der Waals surface area contributed by atoms with Gasteiger partial charge < -0.3 is 9.84 Å². The average molecular weight is 261 g/mol. The molecule has 0 amide bonds. The lowest BCUT2D eigenvalue weighted by Crippen LogP contribution is -2.46. The van der Waals surface area contributed by atoms with Gasteiger partial charge in [0.25, 0.3) is 0 Å². The highest BCUT2D eigenvalue weighted by molar-refractivity contribution is 5.20. The second kappa shape index (κ2) is 5.22. The number of hydrogen-bond donors (Lipinski definition) is 1. The fraction of sp³-hybridized carbons (Fsp3) is 0.688. The fourth-order valence-corrected chi connectivity index (χ4v) is 4.01. The first-order valence-electron chi connectivity index (χ1n) is 7.45. The lowest BCUT2D eigenvalue weighted by molar-refractivity contribution is -0.106. The van der Waals surface area contributed by atoms with Crippen LogP contribution in [0.4, 0.5) is 0 Å². The van der Waals surface area contributed by atoms with Crippen molar-refractivity contribution in [3.05, 3.63) is 30.1 Å². The smallest absolute Gasteiger partial charge is 0.0691 e. The van der Waals surface area contributed by atoms with Crippen LogP contribution in [0.25, 0.3) is 0 Å². The first-order chi connectivity index (χ1) is 9.29. The molecule has 1 N–H and O–H groups in total. The van der Waals surface area contributed by atoms with E-state index in [2.05, 4.69) is 17.1 Å². The predicted molar refractivity (Wildman–Crippen MR) is 74.0 cm³/mol. The van der Waals surface area contributed by atoms with Crippen molar-refractivity contribution < 1.29 is 9.84 Å². The van der Waals surface area contributed by atoms with Crippen molar-refractivity contribution in [2.75, 3.05) is 13.2 Å². The summed E-state index contributed by atoms with van der Waals surface area (Å²) in [6.07, 6.45) is 9.57. The Morgan fingerprint density at radius 3 is 2.74 bits per heavy atom. The van der Waals surface area contributed by atoms with Crippen molar-refractivity contribution in [3.63, 3.8) is 0 Å². The van der Waals surface area contributed by atoms with Gasteiger partial charge in [-0.05, 0) is 44.2 Å². The number of ether oxygens (including phenoxy) is 1. The van der Waals surface area contributed by atoms with Gasteiger partial charge in [-0.2, -0.15) is 0 Å². The van der Waals surface area contributed by atoms with E-state index in [9.17, 15) is 5.11 Å². The SMILES string of the molecule is OCC[C@@]1(c2ccccn2)CCOC2(CCCC2)C1. The largest absolute Gasteiger partial charge is 0.396 e. The van der Waals surface area contributed by atoms with Crippen LogP contribution in [0.1, 0.15) is 50.6 Å². The molecule has 0 radical (unpaired) electrons. The minimum atomic E-state index is 0.0125. The van der Waals surface area contributed by atoms with Gasteiger partial charge in [0, 0.05) is 30.5 Å². The Hall–Kier alpha value is -0.930. The summed E-state index contributed by atoms with van der Waals surface area (Å²) < 4.78 is 6.14. The van der Waals surface area contributed by atoms with Crippen molar-refractivity contribution in [2.24, 2.45) is 0 Å². The molecule has 1 aromatic rings. The maximum atomic E-state index is 9.51. The van der Waals surface area contributed by atoms with Gasteiger partial charge in [-0.3, -0.25) is 4.98 Å². The lowest BCUT2D eigenvalue weighted by Gasteiger charge is -2.46. The van der Waals surface area contributed by atoms with Crippen LogP contribution in [0.5, 0.6) is 0 Å². The molecule has 1 atom stereocenters. The van der Waals surface area contributed by atoms with E-state index in [4.69, 9.17) is 4.74 Å². The fourth-order valence-electron chi connectivity index (χ4n) is 4.01. The number of aliphatic hydroxyl groups is 1. The van der Waals surface area contributed by atoms with Gasteiger partial charge >= 0.3 is 0 Å². The van der Waals surface area contributed by atoms with E-state index in [1.165, 1.54) is 25.7 Å². The predicted octanol–water partition coefficient (Wildman–Crippen LogP) is 2.83. The maximum absolute atomic E-state index is 9.51. The van der Waals surface area contributed by atoms with Crippen LogP contribution < -0.4 is 0 Å². The molecule has 1 aliphatic carbocycles. The Balaban J connectivity index is 1.92. The molecule has 0 bridgehead atoms. The van der Waals surface area contributed by atoms with Crippen LogP contribution in [0.15, 0.2) is 24.4 Å². The van der Waals surface area contributed by atoms with Crippen LogP contribution >= 0.6 is 0 Å². The zero-order valence-electron chi connectivity index (χ0n) is 11.5. The summed E-state index contributed by atoms with van der Waals surface area (Å²) in [4.78, 5) is 4.58. The summed E-state index contributed by atoms with van der Waals surface area (Å²) in [5.41, 5.74) is 1.21. The van der Waals surface area contributed by atoms with Crippen molar-refractivity contribution in [3.8, 4) is 0 Å². The molecule has 2 aliphatic rings. The number of aliphatic hydroxyl groups excluding tert-OH is 1. The minimum absolute atomic E-state index is 0.0125. The van der Waals surface area contributed by atoms with E-state index in [0.29, 0.717) is 0 Å². The summed E-state index contributed by atoms with van der Waals surface area (Å²) in [6.45, 7) is 1.03. The van der Waals surface area contributed by atoms with Gasteiger partial charge in [0.05, 0.1) is 5.60 Å². The lowest BCUT2D eigenvalue weighted by atomic mass is 9.68. The van der Waals surface area contributed by atoms with Crippen molar-refractivity contribution in [1.29, 1.82) is 0 Å². The quantitative estimate of drug-likeness (QED) is 0.909. The monoisotopic (exact) mass is 261 g/mol. The van der Waals surface area contributed by atoms with Crippen molar-refractivity contribution >= 4 is 0 Å². The third kappa shape index (κ3) is 2.41. The molecule has 1 saturated heterocycles. The first-order valence-corrected chi connectivity index (χ1v) is 7.45. The van der Waals surface area contributed by atoms with Gasteiger partial charge in [0.2, 0.25) is 0 Å². The summed E-state index contributed by atoms with van der Waals surface area (Å²) in [5, 5.41) is 9.51. The topological polar surface area (TPSA) is 42.4 Å². The Morgan fingerprint density at radius 2 is 2.05 bits per heavy atom. The minimum Gasteiger partial charge on any atom is -0.396 e. The van der Waals surface area contributed by atoms with Crippen LogP contribution in [-0.2, 0) is 10.2 Å². The molecule has 1 aromatic heterocycles. The molecule has 1 spiro atoms. The van der Waals surface area contributed by atoms with Gasteiger partial charge in [0.15, 0.2) is 0 Å². The molecule has 2 heterocycles. The summed E-state index contributed by atoms with van der Waals surface area (Å²) in [5.74, 6) is 0. The zero-order chi connectivity index (χ0) is 13.2. The molecule has 3 nitrogen and oxygen atoms in total. The molecule has 1 saturated carbocycles. The summed E-state index contributed by atoms with van der Waals surface area (Å²) >= 11 is 0. The Morgan fingerprint density at radius 1 is 1.21 bits per heavy atom. The maximum Gasteiger partial charge on any atom is 0.0691 e. The molecule has 0 aromatic carbocycles. The van der Waals surface area contributed by atoms with Crippen LogP contribution in [0.2, 0.25) is 0 Å². The molecule has 2 fully saturated rings. The zero-order valence-corrected chi connectivity index (χ0v) is 11.5. The molecule has 19 heavy (non-hydrogen) atoms. The molecule has 3 heteroatoms. The standard InChI is InChI=1S/C16H23NO2/c18-11-8-15(14-5-1-4-10-17-14)9-12-19-16(13-15)6-2-3-7-16/h1,4-5,10,18H,2-3,6-9,11-13H2/t15-/m1/s1. The highest BCUT2D eigenvalue weighted by Gasteiger charge is 2.48. The Kier molecular flexibility index (Phi) is 3.59. The van der Waals surface area contributed by atoms with Crippen LogP contribution in [-0.4, -0.2) is 28.9 Å². The average Bonchev–Trinajstić information content (AvgIpc) is 2.88. The first kappa shape index (κ1) is 13.1. The second-order valence-electron chi connectivity index (χ2n) is 6.13. The molecular weight excluding hydrogens is 238 g/mol. The Bertz CT molecular complexity index is 410. The molecule has 0 unspecified atom stereocenters. The number of hydrogen-bond acceptors (Lipinski definition) is 3. The summed E-state index contributed by atoms with van der Waals surface area (Å²) in [7, 11) is 0. The van der Waals surface area contributed by atoms with E-state index >= 15 is 0 Å². The van der Waals surface area contributed by atoms with E-state index in [0.717, 1.165) is 31.6 Å². The second-order valence-corrected chi connectivity index (χ2v) is 6.13.